The molecule has 0 aliphatic carbocycles. The highest BCUT2D eigenvalue weighted by molar-refractivity contribution is 9.10. The van der Waals surface area contributed by atoms with Crippen molar-refractivity contribution >= 4 is 26.9 Å². The first-order chi connectivity index (χ1) is 15.5. The number of benzene rings is 3. The Balaban J connectivity index is 1.70. The SMILES string of the molecule is COc1cc(OC)c(-c2coc3cc(OCc4ccccc4Br)ccc3c2=O)cc1OC. The van der Waals surface area contributed by atoms with Crippen LogP contribution in [-0.4, -0.2) is 21.3 Å². The van der Waals surface area contributed by atoms with Crippen molar-refractivity contribution in [1.82, 2.24) is 0 Å². The highest BCUT2D eigenvalue weighted by Crippen LogP contribution is 2.39. The van der Waals surface area contributed by atoms with Crippen molar-refractivity contribution in [1.29, 1.82) is 0 Å². The van der Waals surface area contributed by atoms with Crippen LogP contribution in [0.5, 0.6) is 23.0 Å². The van der Waals surface area contributed by atoms with E-state index in [9.17, 15) is 4.79 Å². The lowest BCUT2D eigenvalue weighted by molar-refractivity contribution is 0.305. The average molecular weight is 497 g/mol. The van der Waals surface area contributed by atoms with Gasteiger partial charge in [0.2, 0.25) is 5.43 Å². The van der Waals surface area contributed by atoms with Crippen LogP contribution in [0.2, 0.25) is 0 Å². The summed E-state index contributed by atoms with van der Waals surface area (Å²) in [6.45, 7) is 0.387. The molecule has 1 heterocycles. The molecule has 0 atom stereocenters. The van der Waals surface area contributed by atoms with Crippen molar-refractivity contribution < 1.29 is 23.4 Å². The summed E-state index contributed by atoms with van der Waals surface area (Å²) in [7, 11) is 4.60. The molecule has 7 heteroatoms. The summed E-state index contributed by atoms with van der Waals surface area (Å²) in [4.78, 5) is 13.3. The second-order valence-corrected chi connectivity index (χ2v) is 7.78. The molecule has 4 rings (SSSR count). The average Bonchev–Trinajstić information content (AvgIpc) is 2.83. The van der Waals surface area contributed by atoms with E-state index < -0.39 is 0 Å². The van der Waals surface area contributed by atoms with Crippen molar-refractivity contribution in [2.45, 2.75) is 6.61 Å². The number of hydrogen-bond acceptors (Lipinski definition) is 6. The molecule has 0 aliphatic rings. The van der Waals surface area contributed by atoms with Crippen LogP contribution in [0, 0.1) is 0 Å². The third-order valence-electron chi connectivity index (χ3n) is 5.09. The number of halogens is 1. The molecule has 4 aromatic rings. The Hall–Kier alpha value is -3.45. The van der Waals surface area contributed by atoms with Gasteiger partial charge in [-0.15, -0.1) is 0 Å². The molecule has 0 N–H and O–H groups in total. The van der Waals surface area contributed by atoms with Gasteiger partial charge in [0.25, 0.3) is 0 Å². The summed E-state index contributed by atoms with van der Waals surface area (Å²) >= 11 is 3.51. The van der Waals surface area contributed by atoms with Gasteiger partial charge in [-0.3, -0.25) is 4.79 Å². The van der Waals surface area contributed by atoms with Crippen molar-refractivity contribution in [3.05, 3.63) is 81.1 Å². The first-order valence-corrected chi connectivity index (χ1v) is 10.6. The third kappa shape index (κ3) is 4.16. The van der Waals surface area contributed by atoms with E-state index >= 15 is 0 Å². The molecule has 0 amide bonds. The monoisotopic (exact) mass is 496 g/mol. The van der Waals surface area contributed by atoms with Crippen LogP contribution in [0.4, 0.5) is 0 Å². The standard InChI is InChI=1S/C25H21BrO6/c1-28-21-12-24(30-3)23(29-2)11-18(21)19-14-32-22-10-16(8-9-17(22)25(19)27)31-13-15-6-4-5-7-20(15)26/h4-12,14H,13H2,1-3H3. The Morgan fingerprint density at radius 3 is 2.28 bits per heavy atom. The molecule has 0 saturated carbocycles. The second-order valence-electron chi connectivity index (χ2n) is 6.92. The van der Waals surface area contributed by atoms with E-state index in [0.717, 1.165) is 10.0 Å². The molecule has 0 aliphatic heterocycles. The fraction of sp³-hybridized carbons (Fsp3) is 0.160. The van der Waals surface area contributed by atoms with Gasteiger partial charge in [0.1, 0.15) is 30.0 Å². The smallest absolute Gasteiger partial charge is 0.200 e. The van der Waals surface area contributed by atoms with Crippen LogP contribution in [-0.2, 0) is 6.61 Å². The van der Waals surface area contributed by atoms with Crippen molar-refractivity contribution in [2.24, 2.45) is 0 Å². The molecule has 0 radical (unpaired) electrons. The molecule has 6 nitrogen and oxygen atoms in total. The minimum Gasteiger partial charge on any atom is -0.496 e. The van der Waals surface area contributed by atoms with Gasteiger partial charge in [0.05, 0.1) is 32.3 Å². The molecule has 3 aromatic carbocycles. The van der Waals surface area contributed by atoms with Gasteiger partial charge < -0.3 is 23.4 Å². The fourth-order valence-electron chi connectivity index (χ4n) is 3.40. The highest BCUT2D eigenvalue weighted by atomic mass is 79.9. The summed E-state index contributed by atoms with van der Waals surface area (Å²) in [5.41, 5.74) is 2.18. The van der Waals surface area contributed by atoms with E-state index in [1.165, 1.54) is 27.6 Å². The molecule has 0 saturated heterocycles. The molecule has 1 aromatic heterocycles. The van der Waals surface area contributed by atoms with E-state index in [2.05, 4.69) is 15.9 Å². The van der Waals surface area contributed by atoms with Crippen LogP contribution >= 0.6 is 15.9 Å². The first-order valence-electron chi connectivity index (χ1n) is 9.78. The van der Waals surface area contributed by atoms with Gasteiger partial charge in [-0.2, -0.15) is 0 Å². The first kappa shape index (κ1) is 21.8. The number of ether oxygens (including phenoxy) is 4. The van der Waals surface area contributed by atoms with Crippen LogP contribution in [0.1, 0.15) is 5.56 Å². The van der Waals surface area contributed by atoms with Crippen molar-refractivity contribution in [3.8, 4) is 34.1 Å². The minimum absolute atomic E-state index is 0.186. The Morgan fingerprint density at radius 1 is 0.844 bits per heavy atom. The lowest BCUT2D eigenvalue weighted by Gasteiger charge is -2.14. The Labute approximate surface area is 193 Å². The van der Waals surface area contributed by atoms with E-state index in [1.54, 1.807) is 30.3 Å². The van der Waals surface area contributed by atoms with Gasteiger partial charge >= 0.3 is 0 Å². The topological polar surface area (TPSA) is 67.1 Å². The molecule has 0 fully saturated rings. The summed E-state index contributed by atoms with van der Waals surface area (Å²) < 4.78 is 28.8. The van der Waals surface area contributed by atoms with Crippen LogP contribution in [0.15, 0.2) is 74.5 Å². The fourth-order valence-corrected chi connectivity index (χ4v) is 3.80. The lowest BCUT2D eigenvalue weighted by atomic mass is 10.0. The number of fused-ring (bicyclic) bond motifs is 1. The van der Waals surface area contributed by atoms with Crippen molar-refractivity contribution in [2.75, 3.05) is 21.3 Å². The number of methoxy groups -OCH3 is 3. The van der Waals surface area contributed by atoms with Crippen LogP contribution in [0.25, 0.3) is 22.1 Å². The Kier molecular flexibility index (Phi) is 6.37. The molecule has 0 bridgehead atoms. The molecular weight excluding hydrogens is 476 g/mol. The predicted molar refractivity (Wildman–Crippen MR) is 126 cm³/mol. The maximum Gasteiger partial charge on any atom is 0.200 e. The van der Waals surface area contributed by atoms with Gasteiger partial charge in [0.15, 0.2) is 11.5 Å². The van der Waals surface area contributed by atoms with E-state index in [1.807, 2.05) is 24.3 Å². The Morgan fingerprint density at radius 2 is 1.56 bits per heavy atom. The number of rotatable bonds is 7. The molecular formula is C25H21BrO6. The third-order valence-corrected chi connectivity index (χ3v) is 5.87. The molecule has 32 heavy (non-hydrogen) atoms. The number of hydrogen-bond donors (Lipinski definition) is 0. The zero-order chi connectivity index (χ0) is 22.7. The van der Waals surface area contributed by atoms with E-state index in [4.69, 9.17) is 23.4 Å². The maximum absolute atomic E-state index is 13.3. The molecule has 0 spiro atoms. The van der Waals surface area contributed by atoms with E-state index in [-0.39, 0.29) is 5.43 Å². The summed E-state index contributed by atoms with van der Waals surface area (Å²) in [6, 6.07) is 16.4. The lowest BCUT2D eigenvalue weighted by Crippen LogP contribution is -2.06. The summed E-state index contributed by atoms with van der Waals surface area (Å²) in [5, 5.41) is 0.438. The molecule has 164 valence electrons. The summed E-state index contributed by atoms with van der Waals surface area (Å²) in [6.07, 6.45) is 1.42. The van der Waals surface area contributed by atoms with Crippen LogP contribution in [0.3, 0.4) is 0 Å². The second kappa shape index (κ2) is 9.36. The molecule has 0 unspecified atom stereocenters. The normalized spacial score (nSPS) is 10.8. The van der Waals surface area contributed by atoms with Gasteiger partial charge in [-0.05, 0) is 24.3 Å². The predicted octanol–water partition coefficient (Wildman–Crippen LogP) is 5.83. The zero-order valence-electron chi connectivity index (χ0n) is 17.8. The van der Waals surface area contributed by atoms with Gasteiger partial charge in [-0.25, -0.2) is 0 Å². The maximum atomic E-state index is 13.3. The van der Waals surface area contributed by atoms with Gasteiger partial charge in [0, 0.05) is 27.7 Å². The Bertz CT molecular complexity index is 1330. The largest absolute Gasteiger partial charge is 0.496 e. The highest BCUT2D eigenvalue weighted by Gasteiger charge is 2.18. The minimum atomic E-state index is -0.186. The van der Waals surface area contributed by atoms with Crippen LogP contribution < -0.4 is 24.4 Å². The zero-order valence-corrected chi connectivity index (χ0v) is 19.4. The van der Waals surface area contributed by atoms with E-state index in [0.29, 0.717) is 51.7 Å². The summed E-state index contributed by atoms with van der Waals surface area (Å²) in [5.74, 6) is 2.07. The van der Waals surface area contributed by atoms with Crippen molar-refractivity contribution in [3.63, 3.8) is 0 Å². The quantitative estimate of drug-likeness (QED) is 0.320. The van der Waals surface area contributed by atoms with Gasteiger partial charge in [-0.1, -0.05) is 34.1 Å².